The summed E-state index contributed by atoms with van der Waals surface area (Å²) in [6, 6.07) is 5.55. The fourth-order valence-corrected chi connectivity index (χ4v) is 3.46. The lowest BCUT2D eigenvalue weighted by Gasteiger charge is -2.31. The predicted molar refractivity (Wildman–Crippen MR) is 92.6 cm³/mol. The van der Waals surface area contributed by atoms with Crippen molar-refractivity contribution >= 4 is 5.78 Å². The summed E-state index contributed by atoms with van der Waals surface area (Å²) in [5.74, 6) is 1.22. The number of nitrogens with two attached hydrogens (primary N) is 1. The van der Waals surface area contributed by atoms with E-state index in [1.807, 2.05) is 0 Å². The van der Waals surface area contributed by atoms with Gasteiger partial charge in [0.05, 0.1) is 27.2 Å². The van der Waals surface area contributed by atoms with Gasteiger partial charge in [-0.3, -0.25) is 4.79 Å². The fourth-order valence-electron chi connectivity index (χ4n) is 3.46. The molecule has 7 nitrogen and oxygen atoms in total. The largest absolute Gasteiger partial charge is 0.493 e. The van der Waals surface area contributed by atoms with Crippen LogP contribution in [-0.4, -0.2) is 27.1 Å². The molecular weight excluding hydrogens is 336 g/mol. The molecule has 1 atom stereocenters. The zero-order valence-corrected chi connectivity index (χ0v) is 14.9. The maximum absolute atomic E-state index is 12.6. The van der Waals surface area contributed by atoms with Gasteiger partial charge in [0.15, 0.2) is 17.3 Å². The monoisotopic (exact) mass is 356 g/mol. The summed E-state index contributed by atoms with van der Waals surface area (Å²) in [6.07, 6.45) is 1.73. The summed E-state index contributed by atoms with van der Waals surface area (Å²) in [4.78, 5) is 12.6. The van der Waals surface area contributed by atoms with Gasteiger partial charge in [-0.1, -0.05) is 0 Å². The molecular formula is C19H20N2O5. The molecule has 1 unspecified atom stereocenters. The highest BCUT2D eigenvalue weighted by molar-refractivity contribution is 5.99. The van der Waals surface area contributed by atoms with Gasteiger partial charge in [-0.2, -0.15) is 5.26 Å². The quantitative estimate of drug-likeness (QED) is 0.884. The topological polar surface area (TPSA) is 104 Å². The van der Waals surface area contributed by atoms with E-state index in [2.05, 4.69) is 6.07 Å². The second-order valence-electron chi connectivity index (χ2n) is 6.00. The highest BCUT2D eigenvalue weighted by atomic mass is 16.5. The number of methoxy groups -OCH3 is 3. The molecule has 7 heteroatoms. The predicted octanol–water partition coefficient (Wildman–Crippen LogP) is 2.53. The maximum atomic E-state index is 12.6. The minimum Gasteiger partial charge on any atom is -0.493 e. The zero-order valence-electron chi connectivity index (χ0n) is 14.9. The molecule has 1 aromatic rings. The molecule has 1 heterocycles. The lowest BCUT2D eigenvalue weighted by Crippen LogP contribution is -2.27. The Hall–Kier alpha value is -3.14. The molecule has 0 saturated carbocycles. The molecule has 2 aliphatic rings. The van der Waals surface area contributed by atoms with E-state index in [1.54, 1.807) is 12.1 Å². The van der Waals surface area contributed by atoms with E-state index < -0.39 is 5.92 Å². The standard InChI is InChI=1S/C19H20N2O5/c1-23-14-7-10(8-15(24-2)18(14)25-3)16-11(9-20)19(21)26-13-6-4-5-12(22)17(13)16/h7-8,16H,4-6,21H2,1-3H3. The van der Waals surface area contributed by atoms with Crippen LogP contribution in [0.2, 0.25) is 0 Å². The molecule has 3 rings (SSSR count). The first-order valence-electron chi connectivity index (χ1n) is 8.19. The van der Waals surface area contributed by atoms with Crippen LogP contribution in [0.3, 0.4) is 0 Å². The molecule has 136 valence electrons. The Bertz CT molecular complexity index is 838. The number of carbonyl (C=O) groups is 1. The van der Waals surface area contributed by atoms with Crippen LogP contribution in [0.25, 0.3) is 0 Å². The number of ketones is 1. The molecule has 1 aliphatic carbocycles. The third kappa shape index (κ3) is 2.73. The fraction of sp³-hybridized carbons (Fsp3) is 0.368. The van der Waals surface area contributed by atoms with Crippen molar-refractivity contribution in [2.75, 3.05) is 21.3 Å². The maximum Gasteiger partial charge on any atom is 0.205 e. The summed E-state index contributed by atoms with van der Waals surface area (Å²) < 4.78 is 21.7. The van der Waals surface area contributed by atoms with Crippen LogP contribution in [0, 0.1) is 11.3 Å². The van der Waals surface area contributed by atoms with Gasteiger partial charge in [0.1, 0.15) is 17.4 Å². The van der Waals surface area contributed by atoms with Crippen LogP contribution in [0.5, 0.6) is 17.2 Å². The summed E-state index contributed by atoms with van der Waals surface area (Å²) in [5.41, 5.74) is 7.31. The molecule has 1 aromatic carbocycles. The third-order valence-electron chi connectivity index (χ3n) is 4.63. The van der Waals surface area contributed by atoms with Crippen molar-refractivity contribution in [2.24, 2.45) is 5.73 Å². The minimum absolute atomic E-state index is 0.0275. The van der Waals surface area contributed by atoms with Crippen LogP contribution in [0.15, 0.2) is 34.9 Å². The average molecular weight is 356 g/mol. The lowest BCUT2D eigenvalue weighted by atomic mass is 9.77. The number of hydrogen-bond donors (Lipinski definition) is 1. The number of ether oxygens (including phenoxy) is 4. The first-order valence-corrected chi connectivity index (χ1v) is 8.19. The highest BCUT2D eigenvalue weighted by Gasteiger charge is 2.38. The summed E-state index contributed by atoms with van der Waals surface area (Å²) >= 11 is 0. The lowest BCUT2D eigenvalue weighted by molar-refractivity contribution is -0.116. The van der Waals surface area contributed by atoms with Gasteiger partial charge in [0.25, 0.3) is 0 Å². The van der Waals surface area contributed by atoms with E-state index in [1.165, 1.54) is 21.3 Å². The number of rotatable bonds is 4. The van der Waals surface area contributed by atoms with Crippen molar-refractivity contribution in [2.45, 2.75) is 25.2 Å². The number of carbonyl (C=O) groups excluding carboxylic acids is 1. The first-order chi connectivity index (χ1) is 12.5. The number of nitrogens with zero attached hydrogens (tertiary/aromatic N) is 1. The van der Waals surface area contributed by atoms with Gasteiger partial charge in [-0.15, -0.1) is 0 Å². The number of hydrogen-bond acceptors (Lipinski definition) is 7. The van der Waals surface area contributed by atoms with Crippen molar-refractivity contribution in [3.63, 3.8) is 0 Å². The Labute approximate surface area is 151 Å². The molecule has 1 aliphatic heterocycles. The van der Waals surface area contributed by atoms with Gasteiger partial charge < -0.3 is 24.7 Å². The molecule has 0 bridgehead atoms. The molecule has 0 amide bonds. The Kier molecular flexibility index (Phi) is 4.76. The molecule has 2 N–H and O–H groups in total. The number of allylic oxidation sites excluding steroid dienone is 3. The van der Waals surface area contributed by atoms with Crippen LogP contribution in [-0.2, 0) is 9.53 Å². The highest BCUT2D eigenvalue weighted by Crippen LogP contribution is 2.47. The normalized spacial score (nSPS) is 19.5. The molecule has 0 radical (unpaired) electrons. The third-order valence-corrected chi connectivity index (χ3v) is 4.63. The summed E-state index contributed by atoms with van der Waals surface area (Å²) in [6.45, 7) is 0. The van der Waals surface area contributed by atoms with Crippen molar-refractivity contribution in [1.82, 2.24) is 0 Å². The molecule has 0 aromatic heterocycles. The van der Waals surface area contributed by atoms with E-state index in [9.17, 15) is 10.1 Å². The SMILES string of the molecule is COc1cc(C2C(C#N)=C(N)OC3=C2C(=O)CCC3)cc(OC)c1OC. The van der Waals surface area contributed by atoms with Crippen molar-refractivity contribution in [1.29, 1.82) is 5.26 Å². The van der Waals surface area contributed by atoms with Crippen molar-refractivity contribution in [3.05, 3.63) is 40.5 Å². The zero-order chi connectivity index (χ0) is 18.8. The van der Waals surface area contributed by atoms with E-state index in [0.29, 0.717) is 53.4 Å². The van der Waals surface area contributed by atoms with E-state index in [0.717, 1.165) is 0 Å². The van der Waals surface area contributed by atoms with E-state index in [-0.39, 0.29) is 17.2 Å². The van der Waals surface area contributed by atoms with Gasteiger partial charge in [-0.25, -0.2) is 0 Å². The Balaban J connectivity index is 2.24. The van der Waals surface area contributed by atoms with Crippen molar-refractivity contribution in [3.8, 4) is 23.3 Å². The second-order valence-corrected chi connectivity index (χ2v) is 6.00. The second kappa shape index (κ2) is 7.00. The smallest absolute Gasteiger partial charge is 0.205 e. The molecule has 26 heavy (non-hydrogen) atoms. The van der Waals surface area contributed by atoms with Crippen LogP contribution in [0.1, 0.15) is 30.7 Å². The number of nitriles is 1. The Morgan fingerprint density at radius 3 is 2.35 bits per heavy atom. The first kappa shape index (κ1) is 17.7. The number of Topliss-reactive ketones (excluding diaryl/α,β-unsaturated/α-hetero) is 1. The Morgan fingerprint density at radius 1 is 1.15 bits per heavy atom. The molecule has 0 fully saturated rings. The van der Waals surface area contributed by atoms with Gasteiger partial charge >= 0.3 is 0 Å². The van der Waals surface area contributed by atoms with Gasteiger partial charge in [-0.05, 0) is 24.1 Å². The Morgan fingerprint density at radius 2 is 1.81 bits per heavy atom. The molecule has 0 saturated heterocycles. The minimum atomic E-state index is -0.620. The van der Waals surface area contributed by atoms with E-state index in [4.69, 9.17) is 24.7 Å². The van der Waals surface area contributed by atoms with E-state index >= 15 is 0 Å². The van der Waals surface area contributed by atoms with Gasteiger partial charge in [0, 0.05) is 18.4 Å². The molecule has 0 spiro atoms. The average Bonchev–Trinajstić information content (AvgIpc) is 2.65. The van der Waals surface area contributed by atoms with Crippen LogP contribution in [0.4, 0.5) is 0 Å². The summed E-state index contributed by atoms with van der Waals surface area (Å²) in [7, 11) is 4.53. The number of benzene rings is 1. The summed E-state index contributed by atoms with van der Waals surface area (Å²) in [5, 5.41) is 9.63. The van der Waals surface area contributed by atoms with Crippen LogP contribution < -0.4 is 19.9 Å². The van der Waals surface area contributed by atoms with Crippen LogP contribution >= 0.6 is 0 Å². The van der Waals surface area contributed by atoms with Crippen molar-refractivity contribution < 1.29 is 23.7 Å². The van der Waals surface area contributed by atoms with Gasteiger partial charge in [0.2, 0.25) is 11.6 Å².